The number of rotatable bonds is 1. The zero-order valence-electron chi connectivity index (χ0n) is 21.3. The van der Waals surface area contributed by atoms with Gasteiger partial charge in [0.25, 0.3) is 0 Å². The Labute approximate surface area is 219 Å². The van der Waals surface area contributed by atoms with Gasteiger partial charge >= 0.3 is 0 Å². The van der Waals surface area contributed by atoms with Gasteiger partial charge in [-0.15, -0.1) is 0 Å². The molecule has 4 aromatic carbocycles. The second-order valence-electron chi connectivity index (χ2n) is 12.3. The molecule has 0 saturated heterocycles. The Morgan fingerprint density at radius 3 is 2.28 bits per heavy atom. The van der Waals surface area contributed by atoms with Gasteiger partial charge in [0.15, 0.2) is 0 Å². The molecule has 5 atom stereocenters. The summed E-state index contributed by atoms with van der Waals surface area (Å²) < 4.78 is 0. The molecule has 180 valence electrons. The summed E-state index contributed by atoms with van der Waals surface area (Å²) in [4.78, 5) is 0. The highest BCUT2D eigenvalue weighted by molar-refractivity contribution is 6.37. The summed E-state index contributed by atoms with van der Waals surface area (Å²) in [6.07, 6.45) is 8.61. The van der Waals surface area contributed by atoms with Crippen molar-refractivity contribution in [2.24, 2.45) is 23.7 Å². The van der Waals surface area contributed by atoms with Gasteiger partial charge < -0.3 is 0 Å². The van der Waals surface area contributed by atoms with Crippen molar-refractivity contribution >= 4 is 22.4 Å². The van der Waals surface area contributed by atoms with E-state index in [1.165, 1.54) is 82.7 Å². The summed E-state index contributed by atoms with van der Waals surface area (Å²) >= 11 is 6.86. The van der Waals surface area contributed by atoms with Crippen molar-refractivity contribution in [2.45, 2.75) is 57.8 Å². The minimum atomic E-state index is 0.193. The molecule has 1 heteroatoms. The largest absolute Gasteiger partial charge is 0.0834 e. The lowest BCUT2D eigenvalue weighted by Crippen LogP contribution is -2.48. The molecule has 0 heterocycles. The maximum Gasteiger partial charge on any atom is 0.0516 e. The number of benzene rings is 4. The number of hydrogen-bond donors (Lipinski definition) is 0. The molecular weight excluding hydrogens is 456 g/mol. The molecule has 0 N–H and O–H groups in total. The van der Waals surface area contributed by atoms with E-state index in [9.17, 15) is 0 Å². The van der Waals surface area contributed by atoms with E-state index in [-0.39, 0.29) is 5.41 Å². The first kappa shape index (κ1) is 21.5. The number of halogens is 1. The van der Waals surface area contributed by atoms with E-state index in [4.69, 9.17) is 11.6 Å². The first-order valence-corrected chi connectivity index (χ1v) is 14.4. The zero-order chi connectivity index (χ0) is 24.2. The summed E-state index contributed by atoms with van der Waals surface area (Å²) in [6, 6.07) is 25.6. The van der Waals surface area contributed by atoms with E-state index >= 15 is 0 Å². The van der Waals surface area contributed by atoms with Crippen LogP contribution in [0, 0.1) is 37.5 Å². The predicted octanol–water partition coefficient (Wildman–Crippen LogP) is 9.89. The third kappa shape index (κ3) is 2.62. The maximum atomic E-state index is 6.86. The van der Waals surface area contributed by atoms with Crippen molar-refractivity contribution in [1.82, 2.24) is 0 Å². The van der Waals surface area contributed by atoms with Crippen LogP contribution in [0.4, 0.5) is 0 Å². The molecule has 4 aromatic rings. The SMILES string of the molecule is Cc1c(C)c(-c2ccc3c(c2)C2(c4ccccc4-3)C3CCC4CC(C3)CC2C4)c2ccccc2c1Cl. The molecule has 0 aliphatic heterocycles. The van der Waals surface area contributed by atoms with Gasteiger partial charge in [0.1, 0.15) is 0 Å². The van der Waals surface area contributed by atoms with Crippen molar-refractivity contribution < 1.29 is 0 Å². The van der Waals surface area contributed by atoms with Crippen LogP contribution in [-0.2, 0) is 5.41 Å². The van der Waals surface area contributed by atoms with Crippen molar-refractivity contribution in [3.63, 3.8) is 0 Å². The lowest BCUT2D eigenvalue weighted by molar-refractivity contribution is 0.0618. The normalized spacial score (nSPS) is 29.5. The molecule has 0 nitrogen and oxygen atoms in total. The van der Waals surface area contributed by atoms with Gasteiger partial charge in [-0.05, 0) is 126 Å². The average molecular weight is 489 g/mol. The van der Waals surface area contributed by atoms with E-state index in [0.29, 0.717) is 0 Å². The summed E-state index contributed by atoms with van der Waals surface area (Å²) in [6.45, 7) is 4.44. The summed E-state index contributed by atoms with van der Waals surface area (Å²) in [5.41, 5.74) is 11.7. The van der Waals surface area contributed by atoms with Gasteiger partial charge in [0.05, 0.1) is 5.02 Å². The fourth-order valence-corrected chi connectivity index (χ4v) is 9.78. The minimum Gasteiger partial charge on any atom is -0.0834 e. The van der Waals surface area contributed by atoms with Crippen molar-refractivity contribution in [3.05, 3.63) is 94.0 Å². The molecule has 9 rings (SSSR count). The van der Waals surface area contributed by atoms with Gasteiger partial charge in [-0.25, -0.2) is 0 Å². The van der Waals surface area contributed by atoms with E-state index in [1.807, 2.05) is 0 Å². The predicted molar refractivity (Wildman–Crippen MR) is 152 cm³/mol. The summed E-state index contributed by atoms with van der Waals surface area (Å²) in [7, 11) is 0. The molecule has 0 amide bonds. The lowest BCUT2D eigenvalue weighted by atomic mass is 9.50. The molecule has 0 radical (unpaired) electrons. The monoisotopic (exact) mass is 488 g/mol. The van der Waals surface area contributed by atoms with Crippen molar-refractivity contribution in [2.75, 3.05) is 0 Å². The zero-order valence-corrected chi connectivity index (χ0v) is 22.0. The van der Waals surface area contributed by atoms with E-state index < -0.39 is 0 Å². The Morgan fingerprint density at radius 2 is 1.39 bits per heavy atom. The average Bonchev–Trinajstić information content (AvgIpc) is 3.03. The third-order valence-electron chi connectivity index (χ3n) is 10.8. The van der Waals surface area contributed by atoms with Gasteiger partial charge in [-0.2, -0.15) is 0 Å². The summed E-state index contributed by atoms with van der Waals surface area (Å²) in [5, 5.41) is 3.34. The molecule has 4 fully saturated rings. The van der Waals surface area contributed by atoms with E-state index in [2.05, 4.69) is 80.6 Å². The van der Waals surface area contributed by atoms with Crippen molar-refractivity contribution in [1.29, 1.82) is 0 Å². The smallest absolute Gasteiger partial charge is 0.0516 e. The summed E-state index contributed by atoms with van der Waals surface area (Å²) in [5.74, 6) is 3.46. The van der Waals surface area contributed by atoms with E-state index in [1.54, 1.807) is 11.1 Å². The van der Waals surface area contributed by atoms with Crippen LogP contribution in [0.3, 0.4) is 0 Å². The first-order valence-electron chi connectivity index (χ1n) is 14.0. The Hall–Kier alpha value is -2.57. The quantitative estimate of drug-likeness (QED) is 0.250. The molecule has 36 heavy (non-hydrogen) atoms. The molecule has 5 aliphatic carbocycles. The van der Waals surface area contributed by atoms with Crippen molar-refractivity contribution in [3.8, 4) is 22.3 Å². The van der Waals surface area contributed by atoms with Crippen LogP contribution in [0.25, 0.3) is 33.0 Å². The topological polar surface area (TPSA) is 0 Å². The highest BCUT2D eigenvalue weighted by Gasteiger charge is 2.59. The highest BCUT2D eigenvalue weighted by Crippen LogP contribution is 2.67. The lowest BCUT2D eigenvalue weighted by Gasteiger charge is -2.53. The Morgan fingerprint density at radius 1 is 0.667 bits per heavy atom. The molecule has 5 aliphatic rings. The maximum absolute atomic E-state index is 6.86. The second kappa shape index (κ2) is 7.48. The highest BCUT2D eigenvalue weighted by atomic mass is 35.5. The van der Waals surface area contributed by atoms with Crippen LogP contribution in [0.2, 0.25) is 5.02 Å². The van der Waals surface area contributed by atoms with Crippen LogP contribution in [-0.4, -0.2) is 0 Å². The fourth-order valence-electron chi connectivity index (χ4n) is 9.47. The molecule has 4 bridgehead atoms. The third-order valence-corrected chi connectivity index (χ3v) is 11.3. The molecule has 5 unspecified atom stereocenters. The Kier molecular flexibility index (Phi) is 4.47. The van der Waals surface area contributed by atoms with Crippen LogP contribution >= 0.6 is 11.6 Å². The van der Waals surface area contributed by atoms with Crippen LogP contribution < -0.4 is 0 Å². The van der Waals surface area contributed by atoms with Gasteiger partial charge in [-0.3, -0.25) is 0 Å². The standard InChI is InChI=1S/C35H33Cl/c1-20-21(2)34(36)30-9-4-3-8-29(30)33(20)24-12-14-28-27-7-5-6-10-31(27)35(32(28)19-24)25-13-11-22-15-23(17-25)18-26(35)16-22/h3-10,12,14,19,22-23,25-26H,11,13,15-18H2,1-2H3. The van der Waals surface area contributed by atoms with Crippen LogP contribution in [0.15, 0.2) is 66.7 Å². The Bertz CT molecular complexity index is 1550. The number of hydrogen-bond acceptors (Lipinski definition) is 0. The Balaban J connectivity index is 1.43. The minimum absolute atomic E-state index is 0.193. The van der Waals surface area contributed by atoms with Gasteiger partial charge in [-0.1, -0.05) is 78.7 Å². The molecule has 0 aromatic heterocycles. The van der Waals surface area contributed by atoms with E-state index in [0.717, 1.165) is 28.7 Å². The molecular formula is C35H33Cl. The molecule has 1 spiro atoms. The number of fused-ring (bicyclic) bond motifs is 5. The van der Waals surface area contributed by atoms with Crippen LogP contribution in [0.5, 0.6) is 0 Å². The second-order valence-corrected chi connectivity index (χ2v) is 12.7. The molecule has 4 saturated carbocycles. The first-order chi connectivity index (χ1) is 17.6. The fraction of sp³-hybridized carbons (Fsp3) is 0.371. The van der Waals surface area contributed by atoms with Crippen LogP contribution in [0.1, 0.15) is 60.8 Å². The van der Waals surface area contributed by atoms with Gasteiger partial charge in [0, 0.05) is 10.8 Å². The van der Waals surface area contributed by atoms with Gasteiger partial charge in [0.2, 0.25) is 0 Å².